The van der Waals surface area contributed by atoms with Crippen molar-refractivity contribution in [3.05, 3.63) is 24.1 Å². The van der Waals surface area contributed by atoms with Crippen molar-refractivity contribution < 1.29 is 14.3 Å². The number of carbonyl (C=O) groups is 1. The van der Waals surface area contributed by atoms with Gasteiger partial charge < -0.3 is 14.8 Å². The lowest BCUT2D eigenvalue weighted by Crippen LogP contribution is -2.22. The average molecular weight is 183 g/mol. The zero-order valence-electron chi connectivity index (χ0n) is 7.79. The number of carbonyl (C=O) groups excluding carboxylic acids is 1. The van der Waals surface area contributed by atoms with Crippen LogP contribution in [0.5, 0.6) is 0 Å². The summed E-state index contributed by atoms with van der Waals surface area (Å²) in [4.78, 5) is 11.1. The molecule has 4 heteroatoms. The molecule has 0 aliphatic carbocycles. The van der Waals surface area contributed by atoms with Crippen molar-refractivity contribution in [1.29, 1.82) is 0 Å². The van der Waals surface area contributed by atoms with Crippen LogP contribution in [-0.4, -0.2) is 26.2 Å². The van der Waals surface area contributed by atoms with Crippen LogP contribution < -0.4 is 5.32 Å². The Morgan fingerprint density at radius 3 is 2.85 bits per heavy atom. The second kappa shape index (κ2) is 3.98. The first kappa shape index (κ1) is 9.64. The Hall–Kier alpha value is -1.45. The molecule has 72 valence electrons. The van der Waals surface area contributed by atoms with E-state index in [9.17, 15) is 4.79 Å². The first-order valence-corrected chi connectivity index (χ1v) is 3.95. The van der Waals surface area contributed by atoms with Gasteiger partial charge in [-0.2, -0.15) is 0 Å². The Morgan fingerprint density at radius 2 is 2.31 bits per heavy atom. The highest BCUT2D eigenvalue weighted by molar-refractivity contribution is 5.88. The first-order chi connectivity index (χ1) is 6.19. The molecule has 13 heavy (non-hydrogen) atoms. The van der Waals surface area contributed by atoms with Crippen LogP contribution in [-0.2, 0) is 14.3 Å². The molecular formula is C9H13NO3. The van der Waals surface area contributed by atoms with E-state index in [1.165, 1.54) is 7.11 Å². The normalized spacial score (nSPS) is 20.2. The van der Waals surface area contributed by atoms with Gasteiger partial charge in [0.1, 0.15) is 5.76 Å². The number of esters is 1. The fraction of sp³-hybridized carbons (Fsp3) is 0.444. The van der Waals surface area contributed by atoms with Crippen molar-refractivity contribution in [3.8, 4) is 0 Å². The quantitative estimate of drug-likeness (QED) is 0.513. The summed E-state index contributed by atoms with van der Waals surface area (Å²) in [7, 11) is 2.92. The zero-order chi connectivity index (χ0) is 9.84. The van der Waals surface area contributed by atoms with Crippen molar-refractivity contribution in [1.82, 2.24) is 5.32 Å². The molecule has 0 radical (unpaired) electrons. The molecule has 0 spiro atoms. The van der Waals surface area contributed by atoms with E-state index in [1.807, 2.05) is 0 Å². The van der Waals surface area contributed by atoms with E-state index in [2.05, 4.69) is 16.6 Å². The van der Waals surface area contributed by atoms with Gasteiger partial charge in [-0.05, 0) is 0 Å². The van der Waals surface area contributed by atoms with Crippen LogP contribution in [0.3, 0.4) is 0 Å². The minimum absolute atomic E-state index is 0.0147. The van der Waals surface area contributed by atoms with E-state index in [0.717, 1.165) is 0 Å². The molecule has 4 nitrogen and oxygen atoms in total. The predicted molar refractivity (Wildman–Crippen MR) is 47.8 cm³/mol. The second-order valence-corrected chi connectivity index (χ2v) is 2.75. The summed E-state index contributed by atoms with van der Waals surface area (Å²) in [6.07, 6.45) is 2.21. The van der Waals surface area contributed by atoms with Gasteiger partial charge in [0.2, 0.25) is 0 Å². The summed E-state index contributed by atoms with van der Waals surface area (Å²) in [5, 5.41) is 2.99. The maximum atomic E-state index is 11.1. The highest BCUT2D eigenvalue weighted by atomic mass is 16.5. The van der Waals surface area contributed by atoms with Crippen molar-refractivity contribution in [2.24, 2.45) is 0 Å². The van der Waals surface area contributed by atoms with Gasteiger partial charge in [0, 0.05) is 12.6 Å². The van der Waals surface area contributed by atoms with E-state index in [0.29, 0.717) is 17.8 Å². The molecular weight excluding hydrogens is 170 g/mol. The van der Waals surface area contributed by atoms with Gasteiger partial charge in [-0.1, -0.05) is 6.58 Å². The lowest BCUT2D eigenvalue weighted by Gasteiger charge is -2.12. The molecule has 0 fully saturated rings. The third kappa shape index (κ3) is 2.02. The SMILES string of the molecule is C=C(OC)[C@@H]1CC(C(=O)OC)=CN1. The maximum Gasteiger partial charge on any atom is 0.335 e. The van der Waals surface area contributed by atoms with E-state index in [4.69, 9.17) is 4.74 Å². The summed E-state index contributed by atoms with van der Waals surface area (Å²) < 4.78 is 9.53. The van der Waals surface area contributed by atoms with Gasteiger partial charge in [0.15, 0.2) is 0 Å². The molecule has 0 unspecified atom stereocenters. The number of nitrogens with one attached hydrogen (secondary N) is 1. The van der Waals surface area contributed by atoms with Crippen molar-refractivity contribution in [2.75, 3.05) is 14.2 Å². The summed E-state index contributed by atoms with van der Waals surface area (Å²) in [6, 6.07) is -0.0147. The van der Waals surface area contributed by atoms with Crippen LogP contribution in [0.1, 0.15) is 6.42 Å². The summed E-state index contributed by atoms with van der Waals surface area (Å²) in [5.41, 5.74) is 0.616. The largest absolute Gasteiger partial charge is 0.500 e. The van der Waals surface area contributed by atoms with Crippen LogP contribution in [0.2, 0.25) is 0 Å². The Labute approximate surface area is 77.2 Å². The monoisotopic (exact) mass is 183 g/mol. The molecule has 0 aromatic carbocycles. The van der Waals surface area contributed by atoms with E-state index >= 15 is 0 Å². The number of ether oxygens (including phenoxy) is 2. The number of hydrogen-bond donors (Lipinski definition) is 1. The Bertz CT molecular complexity index is 258. The van der Waals surface area contributed by atoms with Crippen LogP contribution in [0, 0.1) is 0 Å². The molecule has 0 saturated heterocycles. The lowest BCUT2D eigenvalue weighted by atomic mass is 10.1. The average Bonchev–Trinajstić information content (AvgIpc) is 2.64. The van der Waals surface area contributed by atoms with Crippen molar-refractivity contribution in [2.45, 2.75) is 12.5 Å². The Morgan fingerprint density at radius 1 is 1.62 bits per heavy atom. The molecule has 1 aliphatic heterocycles. The molecule has 0 aromatic heterocycles. The third-order valence-corrected chi connectivity index (χ3v) is 1.98. The fourth-order valence-corrected chi connectivity index (χ4v) is 1.16. The lowest BCUT2D eigenvalue weighted by molar-refractivity contribution is -0.136. The van der Waals surface area contributed by atoms with Crippen molar-refractivity contribution in [3.63, 3.8) is 0 Å². The highest BCUT2D eigenvalue weighted by Gasteiger charge is 2.24. The topological polar surface area (TPSA) is 47.6 Å². The van der Waals surface area contributed by atoms with Gasteiger partial charge in [-0.25, -0.2) is 4.79 Å². The molecule has 0 amide bonds. The fourth-order valence-electron chi connectivity index (χ4n) is 1.16. The van der Waals surface area contributed by atoms with Crippen molar-refractivity contribution >= 4 is 5.97 Å². The zero-order valence-corrected chi connectivity index (χ0v) is 7.79. The summed E-state index contributed by atoms with van der Waals surface area (Å²) in [5.74, 6) is 0.314. The standard InChI is InChI=1S/C9H13NO3/c1-6(12-2)8-4-7(5-10-8)9(11)13-3/h5,8,10H,1,4H2,2-3H3/t8-/m0/s1. The van der Waals surface area contributed by atoms with Gasteiger partial charge in [0.25, 0.3) is 0 Å². The van der Waals surface area contributed by atoms with E-state index in [-0.39, 0.29) is 12.0 Å². The smallest absolute Gasteiger partial charge is 0.335 e. The molecule has 1 atom stereocenters. The highest BCUT2D eigenvalue weighted by Crippen LogP contribution is 2.18. The summed E-state index contributed by atoms with van der Waals surface area (Å²) >= 11 is 0. The maximum absolute atomic E-state index is 11.1. The molecule has 1 rings (SSSR count). The molecule has 1 heterocycles. The molecule has 0 bridgehead atoms. The molecule has 1 aliphatic rings. The second-order valence-electron chi connectivity index (χ2n) is 2.75. The number of rotatable bonds is 3. The van der Waals surface area contributed by atoms with E-state index in [1.54, 1.807) is 13.3 Å². The minimum Gasteiger partial charge on any atom is -0.500 e. The number of methoxy groups -OCH3 is 2. The van der Waals surface area contributed by atoms with Crippen LogP contribution in [0.25, 0.3) is 0 Å². The predicted octanol–water partition coefficient (Wildman–Crippen LogP) is 0.565. The Kier molecular flexibility index (Phi) is 2.95. The number of hydrogen-bond acceptors (Lipinski definition) is 4. The van der Waals surface area contributed by atoms with Gasteiger partial charge >= 0.3 is 5.97 Å². The van der Waals surface area contributed by atoms with Crippen LogP contribution in [0.15, 0.2) is 24.1 Å². The van der Waals surface area contributed by atoms with Crippen LogP contribution in [0.4, 0.5) is 0 Å². The van der Waals surface area contributed by atoms with Gasteiger partial charge in [0.05, 0.1) is 25.8 Å². The minimum atomic E-state index is -0.307. The van der Waals surface area contributed by atoms with E-state index < -0.39 is 0 Å². The molecule has 1 N–H and O–H groups in total. The Balaban J connectivity index is 2.51. The van der Waals surface area contributed by atoms with Gasteiger partial charge in [-0.3, -0.25) is 0 Å². The molecule has 0 saturated carbocycles. The first-order valence-electron chi connectivity index (χ1n) is 3.95. The molecule has 0 aromatic rings. The summed E-state index contributed by atoms with van der Waals surface area (Å²) in [6.45, 7) is 3.70. The van der Waals surface area contributed by atoms with Gasteiger partial charge in [-0.15, -0.1) is 0 Å². The van der Waals surface area contributed by atoms with Crippen LogP contribution >= 0.6 is 0 Å². The third-order valence-electron chi connectivity index (χ3n) is 1.98.